The van der Waals surface area contributed by atoms with Gasteiger partial charge in [0.15, 0.2) is 0 Å². The molecule has 1 atom stereocenters. The molecule has 0 radical (unpaired) electrons. The molecule has 1 aromatic carbocycles. The monoisotopic (exact) mass is 259 g/mol. The number of hydrogen-bond donors (Lipinski definition) is 1. The zero-order valence-electron chi connectivity index (χ0n) is 10.9. The minimum Gasteiger partial charge on any atom is -0.350 e. The molecule has 0 aliphatic rings. The Morgan fingerprint density at radius 2 is 1.89 bits per heavy atom. The van der Waals surface area contributed by atoms with Crippen LogP contribution in [0.2, 0.25) is 0 Å². The molecule has 18 heavy (non-hydrogen) atoms. The van der Waals surface area contributed by atoms with Crippen LogP contribution in [0.25, 0.3) is 11.1 Å². The minimum atomic E-state index is 0.000237. The molecule has 0 fully saturated rings. The molecule has 1 unspecified atom stereocenters. The number of amides is 1. The quantitative estimate of drug-likeness (QED) is 0.889. The van der Waals surface area contributed by atoms with Gasteiger partial charge in [-0.05, 0) is 46.9 Å². The van der Waals surface area contributed by atoms with Gasteiger partial charge in [0.05, 0.1) is 6.04 Å². The summed E-state index contributed by atoms with van der Waals surface area (Å²) in [4.78, 5) is 11.0. The average molecular weight is 259 g/mol. The van der Waals surface area contributed by atoms with Crippen LogP contribution < -0.4 is 5.32 Å². The first-order valence-electron chi connectivity index (χ1n) is 5.98. The number of aryl methyl sites for hydroxylation is 1. The third kappa shape index (κ3) is 2.79. The van der Waals surface area contributed by atoms with Crippen molar-refractivity contribution in [3.05, 3.63) is 46.2 Å². The Balaban J connectivity index is 2.20. The molecule has 1 aromatic heterocycles. The number of carbonyl (C=O) groups excluding carboxylic acids is 1. The largest absolute Gasteiger partial charge is 0.350 e. The maximum absolute atomic E-state index is 11.0. The van der Waals surface area contributed by atoms with Crippen molar-refractivity contribution in [2.24, 2.45) is 0 Å². The Hall–Kier alpha value is -1.61. The minimum absolute atomic E-state index is 0.000237. The van der Waals surface area contributed by atoms with Gasteiger partial charge >= 0.3 is 0 Å². The van der Waals surface area contributed by atoms with Crippen molar-refractivity contribution in [2.45, 2.75) is 26.8 Å². The van der Waals surface area contributed by atoms with Crippen molar-refractivity contribution < 1.29 is 4.79 Å². The van der Waals surface area contributed by atoms with E-state index in [1.54, 1.807) is 18.3 Å². The van der Waals surface area contributed by atoms with Crippen molar-refractivity contribution in [2.75, 3.05) is 0 Å². The Kier molecular flexibility index (Phi) is 3.82. The highest BCUT2D eigenvalue weighted by atomic mass is 32.1. The fourth-order valence-electron chi connectivity index (χ4n) is 2.00. The fraction of sp³-hybridized carbons (Fsp3) is 0.267. The van der Waals surface area contributed by atoms with E-state index in [0.29, 0.717) is 0 Å². The summed E-state index contributed by atoms with van der Waals surface area (Å²) in [6.45, 7) is 5.66. The van der Waals surface area contributed by atoms with Gasteiger partial charge < -0.3 is 5.32 Å². The number of rotatable bonds is 3. The number of hydrogen-bond acceptors (Lipinski definition) is 2. The first-order valence-corrected chi connectivity index (χ1v) is 6.92. The molecule has 0 aliphatic heterocycles. The lowest BCUT2D eigenvalue weighted by Gasteiger charge is -2.13. The zero-order valence-corrected chi connectivity index (χ0v) is 11.7. The fourth-order valence-corrected chi connectivity index (χ4v) is 2.85. The molecular weight excluding hydrogens is 242 g/mol. The second-order valence-corrected chi connectivity index (χ2v) is 5.26. The van der Waals surface area contributed by atoms with Crippen molar-refractivity contribution >= 4 is 17.2 Å². The molecule has 1 amide bonds. The van der Waals surface area contributed by atoms with Gasteiger partial charge in [-0.2, -0.15) is 11.3 Å². The van der Waals surface area contributed by atoms with Gasteiger partial charge in [0.1, 0.15) is 0 Å². The van der Waals surface area contributed by atoms with E-state index in [9.17, 15) is 4.79 Å². The number of benzene rings is 1. The van der Waals surface area contributed by atoms with E-state index in [1.165, 1.54) is 16.7 Å². The van der Waals surface area contributed by atoms with Gasteiger partial charge in [-0.1, -0.05) is 24.3 Å². The summed E-state index contributed by atoms with van der Waals surface area (Å²) in [5, 5.41) is 7.21. The zero-order chi connectivity index (χ0) is 13.1. The lowest BCUT2D eigenvalue weighted by atomic mass is 10.0. The van der Waals surface area contributed by atoms with Gasteiger partial charge in [0.25, 0.3) is 0 Å². The smallest absolute Gasteiger partial charge is 0.217 e. The number of nitrogens with one attached hydrogen (secondary N) is 1. The Bertz CT molecular complexity index is 542. The second kappa shape index (κ2) is 5.36. The average Bonchev–Trinajstić information content (AvgIpc) is 2.75. The third-order valence-electron chi connectivity index (χ3n) is 3.00. The van der Waals surface area contributed by atoms with E-state index in [2.05, 4.69) is 47.3 Å². The molecule has 1 N–H and O–H groups in total. The molecule has 0 bridgehead atoms. The summed E-state index contributed by atoms with van der Waals surface area (Å²) >= 11 is 1.72. The molecule has 2 nitrogen and oxygen atoms in total. The van der Waals surface area contributed by atoms with Crippen LogP contribution in [0.3, 0.4) is 0 Å². The summed E-state index contributed by atoms with van der Waals surface area (Å²) in [5.74, 6) is 0.000237. The van der Waals surface area contributed by atoms with Gasteiger partial charge in [0, 0.05) is 6.92 Å². The topological polar surface area (TPSA) is 29.1 Å². The lowest BCUT2D eigenvalue weighted by Crippen LogP contribution is -2.23. The normalized spacial score (nSPS) is 12.2. The first-order chi connectivity index (χ1) is 8.58. The summed E-state index contributed by atoms with van der Waals surface area (Å²) < 4.78 is 0. The molecule has 0 saturated carbocycles. The Labute approximate surface area is 112 Å². The molecule has 0 saturated heterocycles. The first kappa shape index (κ1) is 12.8. The summed E-state index contributed by atoms with van der Waals surface area (Å²) in [7, 11) is 0. The third-order valence-corrected chi connectivity index (χ3v) is 3.86. The lowest BCUT2D eigenvalue weighted by molar-refractivity contribution is -0.119. The highest BCUT2D eigenvalue weighted by Crippen LogP contribution is 2.27. The Morgan fingerprint density at radius 1 is 1.22 bits per heavy atom. The van der Waals surface area contributed by atoms with Gasteiger partial charge in [-0.3, -0.25) is 4.79 Å². The van der Waals surface area contributed by atoms with Crippen LogP contribution in [-0.2, 0) is 4.79 Å². The van der Waals surface area contributed by atoms with Crippen LogP contribution in [0.5, 0.6) is 0 Å². The van der Waals surface area contributed by atoms with Gasteiger partial charge in [-0.15, -0.1) is 0 Å². The van der Waals surface area contributed by atoms with Crippen LogP contribution in [0, 0.1) is 6.92 Å². The van der Waals surface area contributed by atoms with E-state index in [4.69, 9.17) is 0 Å². The molecule has 0 spiro atoms. The van der Waals surface area contributed by atoms with E-state index in [0.717, 1.165) is 5.56 Å². The summed E-state index contributed by atoms with van der Waals surface area (Å²) in [5.41, 5.74) is 4.95. The van der Waals surface area contributed by atoms with Crippen molar-refractivity contribution in [3.8, 4) is 11.1 Å². The standard InChI is InChI=1S/C15H17NOS/c1-10-8-18-9-15(10)14-6-4-13(5-7-14)11(2)16-12(3)17/h4-9,11H,1-3H3,(H,16,17). The summed E-state index contributed by atoms with van der Waals surface area (Å²) in [6.07, 6.45) is 0. The van der Waals surface area contributed by atoms with Gasteiger partial charge in [0.2, 0.25) is 5.91 Å². The van der Waals surface area contributed by atoms with Crippen LogP contribution in [0.4, 0.5) is 0 Å². The predicted octanol–water partition coefficient (Wildman–Crippen LogP) is 3.92. The second-order valence-electron chi connectivity index (χ2n) is 4.51. The van der Waals surface area contributed by atoms with Crippen LogP contribution in [0.15, 0.2) is 35.0 Å². The maximum Gasteiger partial charge on any atom is 0.217 e. The maximum atomic E-state index is 11.0. The van der Waals surface area contributed by atoms with E-state index >= 15 is 0 Å². The Morgan fingerprint density at radius 3 is 2.39 bits per heavy atom. The highest BCUT2D eigenvalue weighted by Gasteiger charge is 2.07. The number of carbonyl (C=O) groups is 1. The molecule has 2 rings (SSSR count). The van der Waals surface area contributed by atoms with Crippen molar-refractivity contribution in [1.82, 2.24) is 5.32 Å². The van der Waals surface area contributed by atoms with Gasteiger partial charge in [-0.25, -0.2) is 0 Å². The molecular formula is C15H17NOS. The van der Waals surface area contributed by atoms with Crippen molar-refractivity contribution in [1.29, 1.82) is 0 Å². The molecule has 3 heteroatoms. The molecule has 1 heterocycles. The van der Waals surface area contributed by atoms with E-state index in [1.807, 2.05) is 6.92 Å². The molecule has 0 aliphatic carbocycles. The molecule has 2 aromatic rings. The van der Waals surface area contributed by atoms with Crippen LogP contribution in [-0.4, -0.2) is 5.91 Å². The SMILES string of the molecule is CC(=O)NC(C)c1ccc(-c2cscc2C)cc1. The predicted molar refractivity (Wildman–Crippen MR) is 76.7 cm³/mol. The van der Waals surface area contributed by atoms with E-state index < -0.39 is 0 Å². The van der Waals surface area contributed by atoms with Crippen molar-refractivity contribution in [3.63, 3.8) is 0 Å². The highest BCUT2D eigenvalue weighted by molar-refractivity contribution is 7.08. The number of thiophene rings is 1. The summed E-state index contributed by atoms with van der Waals surface area (Å²) in [6, 6.07) is 8.44. The molecule has 94 valence electrons. The van der Waals surface area contributed by atoms with Crippen LogP contribution >= 0.6 is 11.3 Å². The van der Waals surface area contributed by atoms with E-state index in [-0.39, 0.29) is 11.9 Å². The van der Waals surface area contributed by atoms with Crippen LogP contribution in [0.1, 0.15) is 31.0 Å².